The Bertz CT molecular complexity index is 1170. The number of alkyl carbamates (subject to hydrolysis) is 1. The minimum Gasteiger partial charge on any atom is -0.507 e. The second-order valence-corrected chi connectivity index (χ2v) is 8.55. The van der Waals surface area contributed by atoms with Crippen LogP contribution in [0.3, 0.4) is 0 Å². The van der Waals surface area contributed by atoms with E-state index in [0.29, 0.717) is 12.8 Å². The molecule has 0 aliphatic heterocycles. The van der Waals surface area contributed by atoms with Gasteiger partial charge >= 0.3 is 11.7 Å². The number of allylic oxidation sites excluding steroid dienone is 2. The van der Waals surface area contributed by atoms with Crippen LogP contribution in [0.2, 0.25) is 0 Å². The third-order valence-corrected chi connectivity index (χ3v) is 5.28. The van der Waals surface area contributed by atoms with Crippen molar-refractivity contribution in [1.29, 1.82) is 0 Å². The van der Waals surface area contributed by atoms with Crippen molar-refractivity contribution in [3.63, 3.8) is 0 Å². The van der Waals surface area contributed by atoms with Gasteiger partial charge in [0.25, 0.3) is 0 Å². The number of benzene rings is 1. The zero-order valence-electron chi connectivity index (χ0n) is 21.0. The van der Waals surface area contributed by atoms with Gasteiger partial charge in [-0.25, -0.2) is 9.59 Å². The fourth-order valence-corrected chi connectivity index (χ4v) is 3.36. The van der Waals surface area contributed by atoms with E-state index in [0.717, 1.165) is 16.9 Å². The molecule has 1 aromatic heterocycles. The predicted molar refractivity (Wildman–Crippen MR) is 134 cm³/mol. The van der Waals surface area contributed by atoms with Crippen molar-refractivity contribution in [2.75, 3.05) is 7.11 Å². The van der Waals surface area contributed by atoms with Gasteiger partial charge in [0.05, 0.1) is 13.2 Å². The lowest BCUT2D eigenvalue weighted by molar-refractivity contribution is 0.102. The van der Waals surface area contributed by atoms with Crippen LogP contribution in [0, 0.1) is 6.92 Å². The normalized spacial score (nSPS) is 12.6. The number of aromatic hydroxyl groups is 1. The Labute approximate surface area is 205 Å². The SMILES string of the molecule is COC(=O)N/C=C/CCC(C)c1cc(O)c(C(=O)C(C)=Cc2ccc(OC(C)C)cc2C)c(=O)o1. The number of carbonyl (C=O) groups excluding carboxylic acids is 2. The molecule has 2 aromatic rings. The zero-order valence-corrected chi connectivity index (χ0v) is 21.0. The number of methoxy groups -OCH3 is 1. The summed E-state index contributed by atoms with van der Waals surface area (Å²) in [5, 5.41) is 12.9. The molecule has 2 rings (SSSR count). The summed E-state index contributed by atoms with van der Waals surface area (Å²) in [6, 6.07) is 6.85. The summed E-state index contributed by atoms with van der Waals surface area (Å²) in [5.74, 6) is -0.213. The van der Waals surface area contributed by atoms with E-state index in [4.69, 9.17) is 9.15 Å². The van der Waals surface area contributed by atoms with Gasteiger partial charge < -0.3 is 19.0 Å². The maximum absolute atomic E-state index is 13.0. The van der Waals surface area contributed by atoms with Crippen molar-refractivity contribution in [1.82, 2.24) is 5.32 Å². The van der Waals surface area contributed by atoms with E-state index in [1.165, 1.54) is 19.4 Å². The van der Waals surface area contributed by atoms with Crippen LogP contribution < -0.4 is 15.7 Å². The highest BCUT2D eigenvalue weighted by Gasteiger charge is 2.22. The number of amides is 1. The van der Waals surface area contributed by atoms with E-state index < -0.39 is 28.8 Å². The molecule has 35 heavy (non-hydrogen) atoms. The lowest BCUT2D eigenvalue weighted by Gasteiger charge is -2.12. The summed E-state index contributed by atoms with van der Waals surface area (Å²) in [6.07, 6.45) is 5.52. The molecular weight excluding hydrogens is 450 g/mol. The fraction of sp³-hybridized carbons (Fsp3) is 0.370. The van der Waals surface area contributed by atoms with Gasteiger partial charge in [-0.05, 0) is 75.4 Å². The van der Waals surface area contributed by atoms with Gasteiger partial charge in [0.2, 0.25) is 0 Å². The third kappa shape index (κ3) is 7.88. The maximum atomic E-state index is 13.0. The van der Waals surface area contributed by atoms with Crippen LogP contribution in [0.15, 0.2) is 51.3 Å². The highest BCUT2D eigenvalue weighted by molar-refractivity contribution is 6.12. The highest BCUT2D eigenvalue weighted by Crippen LogP contribution is 2.27. The molecule has 1 heterocycles. The van der Waals surface area contributed by atoms with Crippen molar-refractivity contribution in [2.45, 2.75) is 59.5 Å². The van der Waals surface area contributed by atoms with Crippen molar-refractivity contribution >= 4 is 18.0 Å². The first kappa shape index (κ1) is 27.4. The van der Waals surface area contributed by atoms with Gasteiger partial charge in [0.1, 0.15) is 22.8 Å². The maximum Gasteiger partial charge on any atom is 0.410 e. The first-order chi connectivity index (χ1) is 16.5. The fourth-order valence-electron chi connectivity index (χ4n) is 3.36. The second kappa shape index (κ2) is 12.6. The van der Waals surface area contributed by atoms with E-state index in [1.54, 1.807) is 19.1 Å². The Morgan fingerprint density at radius 2 is 1.91 bits per heavy atom. The summed E-state index contributed by atoms with van der Waals surface area (Å²) in [6.45, 7) is 9.21. The molecule has 2 N–H and O–H groups in total. The summed E-state index contributed by atoms with van der Waals surface area (Å²) < 4.78 is 15.5. The molecule has 0 bridgehead atoms. The van der Waals surface area contributed by atoms with Gasteiger partial charge in [0.15, 0.2) is 5.78 Å². The number of hydrogen-bond donors (Lipinski definition) is 2. The Hall–Kier alpha value is -3.81. The van der Waals surface area contributed by atoms with E-state index in [1.807, 2.05) is 45.9 Å². The molecule has 8 nitrogen and oxygen atoms in total. The van der Waals surface area contributed by atoms with Crippen LogP contribution in [-0.4, -0.2) is 30.2 Å². The van der Waals surface area contributed by atoms with Gasteiger partial charge in [-0.1, -0.05) is 19.1 Å². The van der Waals surface area contributed by atoms with Crippen molar-refractivity contribution in [3.8, 4) is 11.5 Å². The average molecular weight is 484 g/mol. The highest BCUT2D eigenvalue weighted by atomic mass is 16.5. The summed E-state index contributed by atoms with van der Waals surface area (Å²) >= 11 is 0. The topological polar surface area (TPSA) is 115 Å². The van der Waals surface area contributed by atoms with E-state index in [2.05, 4.69) is 10.1 Å². The standard InChI is InChI=1S/C27H33NO7/c1-16(2)34-21-11-10-20(18(4)14-21)13-19(5)25(30)24-22(29)15-23(35-26(24)31)17(3)9-7-8-12-28-27(32)33-6/h8,10-17,29H,7,9H2,1-6H3,(H,28,32)/b12-8+,19-13?. The monoisotopic (exact) mass is 483 g/mol. The summed E-state index contributed by atoms with van der Waals surface area (Å²) in [7, 11) is 1.27. The largest absolute Gasteiger partial charge is 0.507 e. The molecule has 1 aromatic carbocycles. The molecule has 0 fully saturated rings. The number of nitrogens with one attached hydrogen (secondary N) is 1. The van der Waals surface area contributed by atoms with Crippen LogP contribution in [0.4, 0.5) is 4.79 Å². The van der Waals surface area contributed by atoms with Gasteiger partial charge in [-0.3, -0.25) is 10.1 Å². The molecule has 0 aliphatic carbocycles. The van der Waals surface area contributed by atoms with Gasteiger partial charge in [0, 0.05) is 18.2 Å². The molecule has 0 spiro atoms. The second-order valence-electron chi connectivity index (χ2n) is 8.55. The molecular formula is C27H33NO7. The molecule has 1 unspecified atom stereocenters. The molecule has 0 radical (unpaired) electrons. The minimum atomic E-state index is -0.884. The van der Waals surface area contributed by atoms with Crippen molar-refractivity contribution in [3.05, 3.63) is 75.0 Å². The lowest BCUT2D eigenvalue weighted by Crippen LogP contribution is -2.17. The minimum absolute atomic E-state index is 0.0482. The number of carbonyl (C=O) groups is 2. The average Bonchev–Trinajstić information content (AvgIpc) is 2.79. The van der Waals surface area contributed by atoms with Crippen molar-refractivity contribution < 1.29 is 28.6 Å². The number of rotatable bonds is 10. The number of hydrogen-bond acceptors (Lipinski definition) is 7. The van der Waals surface area contributed by atoms with Gasteiger partial charge in [-0.2, -0.15) is 0 Å². The van der Waals surface area contributed by atoms with Crippen LogP contribution in [0.1, 0.15) is 73.7 Å². The Kier molecular flexibility index (Phi) is 9.87. The van der Waals surface area contributed by atoms with E-state index in [-0.39, 0.29) is 23.4 Å². The van der Waals surface area contributed by atoms with Crippen LogP contribution in [-0.2, 0) is 4.74 Å². The Morgan fingerprint density at radius 3 is 2.51 bits per heavy atom. The Morgan fingerprint density at radius 1 is 1.20 bits per heavy atom. The third-order valence-electron chi connectivity index (χ3n) is 5.28. The molecule has 188 valence electrons. The van der Waals surface area contributed by atoms with E-state index in [9.17, 15) is 19.5 Å². The first-order valence-corrected chi connectivity index (χ1v) is 11.4. The number of aryl methyl sites for hydroxylation is 1. The number of Topliss-reactive ketones (excluding diaryl/α,β-unsaturated/α-hetero) is 1. The quantitative estimate of drug-likeness (QED) is 0.340. The predicted octanol–water partition coefficient (Wildman–Crippen LogP) is 5.48. The smallest absolute Gasteiger partial charge is 0.410 e. The van der Waals surface area contributed by atoms with Crippen LogP contribution in [0.5, 0.6) is 11.5 Å². The molecule has 1 atom stereocenters. The first-order valence-electron chi connectivity index (χ1n) is 11.4. The number of ether oxygens (including phenoxy) is 2. The lowest BCUT2D eigenvalue weighted by atomic mass is 9.98. The van der Waals surface area contributed by atoms with E-state index >= 15 is 0 Å². The van der Waals surface area contributed by atoms with Crippen LogP contribution in [0.25, 0.3) is 6.08 Å². The zero-order chi connectivity index (χ0) is 26.1. The summed E-state index contributed by atoms with van der Waals surface area (Å²) in [5.41, 5.74) is 0.721. The molecule has 0 saturated heterocycles. The number of ketones is 1. The molecule has 1 amide bonds. The van der Waals surface area contributed by atoms with Crippen LogP contribution >= 0.6 is 0 Å². The molecule has 8 heteroatoms. The molecule has 0 saturated carbocycles. The van der Waals surface area contributed by atoms with Gasteiger partial charge in [-0.15, -0.1) is 0 Å². The summed E-state index contributed by atoms with van der Waals surface area (Å²) in [4.78, 5) is 36.6. The Balaban J connectivity index is 2.16. The van der Waals surface area contributed by atoms with Crippen molar-refractivity contribution in [2.24, 2.45) is 0 Å². The molecule has 0 aliphatic rings.